The predicted octanol–water partition coefficient (Wildman–Crippen LogP) is 1.39. The molecular weight excluding hydrogens is 306 g/mol. The van der Waals surface area contributed by atoms with Gasteiger partial charge in [-0.1, -0.05) is 19.1 Å². The third kappa shape index (κ3) is 1.70. The molecule has 1 saturated carbocycles. The van der Waals surface area contributed by atoms with Gasteiger partial charge in [0.2, 0.25) is 0 Å². The summed E-state index contributed by atoms with van der Waals surface area (Å²) in [7, 11) is 0. The van der Waals surface area contributed by atoms with E-state index >= 15 is 0 Å². The molecule has 130 valence electrons. The Bertz CT molecular complexity index is 690. The number of aliphatic hydroxyl groups is 2. The lowest BCUT2D eigenvalue weighted by Gasteiger charge is -2.58. The van der Waals surface area contributed by atoms with Crippen molar-refractivity contribution in [1.29, 1.82) is 0 Å². The fourth-order valence-corrected chi connectivity index (χ4v) is 5.40. The first-order valence-electron chi connectivity index (χ1n) is 8.76. The molecular formula is C19H25NO4. The average molecular weight is 331 g/mol. The summed E-state index contributed by atoms with van der Waals surface area (Å²) in [6.07, 6.45) is 2.91. The van der Waals surface area contributed by atoms with Crippen LogP contribution in [0, 0.1) is 0 Å². The molecule has 1 aromatic carbocycles. The molecule has 1 heterocycles. The second kappa shape index (κ2) is 5.22. The Kier molecular flexibility index (Phi) is 3.46. The van der Waals surface area contributed by atoms with Crippen LogP contribution < -0.4 is 10.1 Å². The molecule has 1 aromatic rings. The number of ether oxygens (including phenoxy) is 1. The van der Waals surface area contributed by atoms with Gasteiger partial charge in [-0.3, -0.25) is 0 Å². The maximum atomic E-state index is 11.8. The summed E-state index contributed by atoms with van der Waals surface area (Å²) < 4.78 is 6.05. The topological polar surface area (TPSA) is 82.0 Å². The quantitative estimate of drug-likeness (QED) is 0.627. The second-order valence-corrected chi connectivity index (χ2v) is 7.30. The van der Waals surface area contributed by atoms with Gasteiger partial charge in [-0.05, 0) is 37.3 Å². The van der Waals surface area contributed by atoms with Gasteiger partial charge in [-0.2, -0.15) is 0 Å². The minimum atomic E-state index is -1.03. The van der Waals surface area contributed by atoms with Gasteiger partial charge in [-0.25, -0.2) is 0 Å². The fraction of sp³-hybridized carbons (Fsp3) is 0.579. The molecule has 0 amide bonds. The molecule has 4 N–H and O–H groups in total. The number of hydrogen-bond acceptors (Lipinski definition) is 5. The molecule has 3 aliphatic rings. The van der Waals surface area contributed by atoms with Crippen LogP contribution >= 0.6 is 0 Å². The lowest BCUT2D eigenvalue weighted by molar-refractivity contribution is -0.166. The monoisotopic (exact) mass is 331 g/mol. The van der Waals surface area contributed by atoms with Crippen molar-refractivity contribution in [2.24, 2.45) is 0 Å². The molecule has 0 bridgehead atoms. The summed E-state index contributed by atoms with van der Waals surface area (Å²) >= 11 is 0. The van der Waals surface area contributed by atoms with Gasteiger partial charge < -0.3 is 25.4 Å². The lowest BCUT2D eigenvalue weighted by atomic mass is 9.50. The van der Waals surface area contributed by atoms with Crippen molar-refractivity contribution in [3.8, 4) is 11.5 Å². The molecule has 4 rings (SSSR count). The minimum absolute atomic E-state index is 0.0861. The van der Waals surface area contributed by atoms with Crippen molar-refractivity contribution in [3.05, 3.63) is 35.9 Å². The predicted molar refractivity (Wildman–Crippen MR) is 90.4 cm³/mol. The van der Waals surface area contributed by atoms with Crippen LogP contribution in [0.2, 0.25) is 0 Å². The highest BCUT2D eigenvalue weighted by atomic mass is 16.5. The lowest BCUT2D eigenvalue weighted by Crippen LogP contribution is -2.73. The van der Waals surface area contributed by atoms with Crippen molar-refractivity contribution in [3.63, 3.8) is 0 Å². The molecule has 0 radical (unpaired) electrons. The van der Waals surface area contributed by atoms with Crippen LogP contribution in [-0.2, 0) is 11.8 Å². The van der Waals surface area contributed by atoms with E-state index in [1.54, 1.807) is 12.1 Å². The maximum absolute atomic E-state index is 11.8. The minimum Gasteiger partial charge on any atom is -0.504 e. The number of aliphatic hydroxyl groups excluding tert-OH is 1. The van der Waals surface area contributed by atoms with Crippen molar-refractivity contribution in [2.45, 2.75) is 61.9 Å². The zero-order valence-corrected chi connectivity index (χ0v) is 14.0. The number of phenols is 1. The van der Waals surface area contributed by atoms with Crippen molar-refractivity contribution < 1.29 is 20.1 Å². The zero-order chi connectivity index (χ0) is 17.1. The number of aromatic hydroxyl groups is 1. The first kappa shape index (κ1) is 15.9. The average Bonchev–Trinajstić information content (AvgIpc) is 2.95. The number of benzene rings is 1. The Morgan fingerprint density at radius 3 is 2.96 bits per heavy atom. The molecule has 5 heteroatoms. The van der Waals surface area contributed by atoms with E-state index in [0.29, 0.717) is 38.0 Å². The van der Waals surface area contributed by atoms with E-state index in [0.717, 1.165) is 11.1 Å². The Morgan fingerprint density at radius 1 is 1.46 bits per heavy atom. The molecule has 0 saturated heterocycles. The Balaban J connectivity index is 1.96. The maximum Gasteiger partial charge on any atom is 0.165 e. The highest BCUT2D eigenvalue weighted by molar-refractivity contribution is 5.61. The first-order chi connectivity index (χ1) is 11.5. The number of nitrogens with one attached hydrogen (secondary N) is 1. The zero-order valence-electron chi connectivity index (χ0n) is 14.0. The summed E-state index contributed by atoms with van der Waals surface area (Å²) in [5.74, 6) is 0.531. The van der Waals surface area contributed by atoms with Crippen LogP contribution in [-0.4, -0.2) is 45.7 Å². The van der Waals surface area contributed by atoms with Gasteiger partial charge in [0.25, 0.3) is 0 Å². The molecule has 0 spiro atoms. The van der Waals surface area contributed by atoms with E-state index in [2.05, 4.69) is 11.9 Å². The van der Waals surface area contributed by atoms with E-state index in [1.165, 1.54) is 0 Å². The van der Waals surface area contributed by atoms with Crippen LogP contribution in [0.5, 0.6) is 11.5 Å². The smallest absolute Gasteiger partial charge is 0.165 e. The van der Waals surface area contributed by atoms with Crippen LogP contribution in [0.1, 0.15) is 37.3 Å². The van der Waals surface area contributed by atoms with Crippen LogP contribution in [0.3, 0.4) is 0 Å². The Hall–Kier alpha value is -1.56. The van der Waals surface area contributed by atoms with E-state index in [-0.39, 0.29) is 11.8 Å². The van der Waals surface area contributed by atoms with Crippen LogP contribution in [0.25, 0.3) is 0 Å². The first-order valence-corrected chi connectivity index (χ1v) is 8.76. The third-order valence-electron chi connectivity index (χ3n) is 6.41. The van der Waals surface area contributed by atoms with Crippen molar-refractivity contribution in [2.75, 3.05) is 6.54 Å². The van der Waals surface area contributed by atoms with Crippen LogP contribution in [0.15, 0.2) is 24.8 Å². The van der Waals surface area contributed by atoms with Gasteiger partial charge in [-0.15, -0.1) is 6.58 Å². The van der Waals surface area contributed by atoms with E-state index in [1.807, 2.05) is 13.0 Å². The second-order valence-electron chi connectivity index (χ2n) is 7.30. The number of phenolic OH excluding ortho intramolecular Hbond substituents is 1. The molecule has 1 fully saturated rings. The molecule has 1 aliphatic heterocycles. The van der Waals surface area contributed by atoms with Crippen LogP contribution in [0.4, 0.5) is 0 Å². The molecule has 24 heavy (non-hydrogen) atoms. The molecule has 5 nitrogen and oxygen atoms in total. The summed E-state index contributed by atoms with van der Waals surface area (Å²) in [6.45, 7) is 6.40. The number of rotatable bonds is 4. The highest BCUT2D eigenvalue weighted by Gasteiger charge is 2.69. The summed E-state index contributed by atoms with van der Waals surface area (Å²) in [4.78, 5) is 0. The molecule has 0 aromatic heterocycles. The molecule has 5 atom stereocenters. The Labute approximate surface area is 142 Å². The largest absolute Gasteiger partial charge is 0.504 e. The van der Waals surface area contributed by atoms with Crippen molar-refractivity contribution >= 4 is 0 Å². The van der Waals surface area contributed by atoms with Crippen molar-refractivity contribution in [1.82, 2.24) is 5.32 Å². The van der Waals surface area contributed by atoms with Gasteiger partial charge in [0.15, 0.2) is 11.5 Å². The van der Waals surface area contributed by atoms with Gasteiger partial charge >= 0.3 is 0 Å². The van der Waals surface area contributed by atoms with E-state index < -0.39 is 23.2 Å². The standard InChI is InChI=1S/C19H25NO4/c1-3-9-20-14-10-11-5-6-12(21)16-15(11)18(4-2)17(24-16)13(22)7-8-19(14,18)23/h3,5-6,13-14,17,20-23H,1,4,7-10H2,2H3/t13-,14?,17?,18-,19+/m1/s1. The highest BCUT2D eigenvalue weighted by Crippen LogP contribution is 2.63. The van der Waals surface area contributed by atoms with Gasteiger partial charge in [0.1, 0.15) is 6.10 Å². The van der Waals surface area contributed by atoms with Gasteiger partial charge in [0, 0.05) is 18.2 Å². The molecule has 2 unspecified atom stereocenters. The van der Waals surface area contributed by atoms with E-state index in [9.17, 15) is 15.3 Å². The summed E-state index contributed by atoms with van der Waals surface area (Å²) in [5.41, 5.74) is 0.242. The molecule has 2 aliphatic carbocycles. The SMILES string of the molecule is C=CCNC1Cc2ccc(O)c3c2[C@]2(CC)C(O3)[C@H](O)CC[C@]12O. The normalized spacial score (nSPS) is 39.2. The summed E-state index contributed by atoms with van der Waals surface area (Å²) in [6, 6.07) is 3.42. The summed E-state index contributed by atoms with van der Waals surface area (Å²) in [5, 5.41) is 36.1. The third-order valence-corrected chi connectivity index (χ3v) is 6.41. The Morgan fingerprint density at radius 2 is 2.25 bits per heavy atom. The van der Waals surface area contributed by atoms with Gasteiger partial charge in [0.05, 0.1) is 17.1 Å². The van der Waals surface area contributed by atoms with E-state index in [4.69, 9.17) is 4.74 Å². The number of hydrogen-bond donors (Lipinski definition) is 4. The fourth-order valence-electron chi connectivity index (χ4n) is 5.40.